The normalized spacial score (nSPS) is 21.5. The van der Waals surface area contributed by atoms with Gasteiger partial charge in [-0.25, -0.2) is 4.98 Å². The first-order valence-electron chi connectivity index (χ1n) is 7.91. The predicted molar refractivity (Wildman–Crippen MR) is 97.5 cm³/mol. The van der Waals surface area contributed by atoms with Gasteiger partial charge < -0.3 is 5.32 Å². The number of piperazine rings is 1. The highest BCUT2D eigenvalue weighted by Crippen LogP contribution is 2.40. The molecule has 1 aromatic rings. The Morgan fingerprint density at radius 2 is 1.82 bits per heavy atom. The third-order valence-corrected chi connectivity index (χ3v) is 5.06. The molecule has 0 aromatic carbocycles. The number of halogens is 3. The molecule has 1 saturated heterocycles. The van der Waals surface area contributed by atoms with Gasteiger partial charge >= 0.3 is 0 Å². The molecular weight excluding hydrogens is 341 g/mol. The first-order valence-corrected chi connectivity index (χ1v) is 8.29. The third kappa shape index (κ3) is 4.72. The van der Waals surface area contributed by atoms with Crippen molar-refractivity contribution in [3.05, 3.63) is 29.0 Å². The van der Waals surface area contributed by atoms with Gasteiger partial charge in [0.15, 0.2) is 0 Å². The topological polar surface area (TPSA) is 28.2 Å². The monoisotopic (exact) mass is 365 g/mol. The second-order valence-electron chi connectivity index (χ2n) is 6.01. The van der Waals surface area contributed by atoms with Gasteiger partial charge in [0, 0.05) is 44.0 Å². The Morgan fingerprint density at radius 1 is 1.14 bits per heavy atom. The summed E-state index contributed by atoms with van der Waals surface area (Å²) in [5.74, 6) is 0.739. The minimum absolute atomic E-state index is 0. The minimum Gasteiger partial charge on any atom is -0.314 e. The Balaban J connectivity index is 0.00000121. The van der Waals surface area contributed by atoms with Gasteiger partial charge in [0.25, 0.3) is 0 Å². The van der Waals surface area contributed by atoms with Crippen molar-refractivity contribution < 1.29 is 0 Å². The van der Waals surface area contributed by atoms with Crippen LogP contribution in [-0.2, 0) is 0 Å². The highest BCUT2D eigenvalue weighted by atomic mass is 35.5. The molecule has 0 bridgehead atoms. The lowest BCUT2D eigenvalue weighted by molar-refractivity contribution is 0.103. The van der Waals surface area contributed by atoms with E-state index < -0.39 is 0 Å². The van der Waals surface area contributed by atoms with Crippen molar-refractivity contribution in [1.29, 1.82) is 0 Å². The van der Waals surface area contributed by atoms with E-state index in [1.807, 2.05) is 6.07 Å². The van der Waals surface area contributed by atoms with Gasteiger partial charge in [-0.3, -0.25) is 4.90 Å². The molecule has 6 heteroatoms. The molecule has 2 heterocycles. The molecule has 126 valence electrons. The maximum absolute atomic E-state index is 6.40. The second-order valence-corrected chi connectivity index (χ2v) is 6.37. The first-order chi connectivity index (χ1) is 9.86. The lowest BCUT2D eigenvalue weighted by atomic mass is 9.80. The van der Waals surface area contributed by atoms with Crippen molar-refractivity contribution in [3.8, 4) is 0 Å². The Labute approximate surface area is 151 Å². The van der Waals surface area contributed by atoms with E-state index in [1.54, 1.807) is 6.20 Å². The van der Waals surface area contributed by atoms with Crippen LogP contribution in [-0.4, -0.2) is 36.1 Å². The van der Waals surface area contributed by atoms with Crippen LogP contribution in [0, 0.1) is 5.92 Å². The molecule has 3 rings (SSSR count). The average molecular weight is 367 g/mol. The second kappa shape index (κ2) is 9.94. The molecule has 1 aliphatic carbocycles. The van der Waals surface area contributed by atoms with Crippen molar-refractivity contribution in [2.75, 3.05) is 26.2 Å². The molecule has 2 aliphatic rings. The van der Waals surface area contributed by atoms with Crippen LogP contribution in [0.15, 0.2) is 18.3 Å². The van der Waals surface area contributed by atoms with Crippen LogP contribution in [0.2, 0.25) is 5.15 Å². The van der Waals surface area contributed by atoms with Crippen molar-refractivity contribution in [3.63, 3.8) is 0 Å². The molecule has 0 unspecified atom stereocenters. The van der Waals surface area contributed by atoms with E-state index in [9.17, 15) is 0 Å². The van der Waals surface area contributed by atoms with Crippen molar-refractivity contribution in [2.45, 2.75) is 38.1 Å². The van der Waals surface area contributed by atoms with Gasteiger partial charge in [-0.1, -0.05) is 36.9 Å². The van der Waals surface area contributed by atoms with Crippen LogP contribution < -0.4 is 5.32 Å². The number of nitrogens with zero attached hydrogens (tertiary/aromatic N) is 2. The van der Waals surface area contributed by atoms with Gasteiger partial charge in [0.05, 0.1) is 0 Å². The first kappa shape index (κ1) is 20.0. The highest BCUT2D eigenvalue weighted by molar-refractivity contribution is 6.30. The Hall–Kier alpha value is -0.0600. The van der Waals surface area contributed by atoms with Crippen LogP contribution in [0.4, 0.5) is 0 Å². The summed E-state index contributed by atoms with van der Waals surface area (Å²) < 4.78 is 0. The number of hydrogen-bond donors (Lipinski definition) is 1. The Kier molecular flexibility index (Phi) is 9.03. The van der Waals surface area contributed by atoms with Gasteiger partial charge in [-0.05, 0) is 24.8 Å². The number of rotatable bonds is 3. The van der Waals surface area contributed by atoms with Gasteiger partial charge in [0.2, 0.25) is 0 Å². The van der Waals surface area contributed by atoms with Crippen molar-refractivity contribution in [1.82, 2.24) is 15.2 Å². The third-order valence-electron chi connectivity index (χ3n) is 4.75. The van der Waals surface area contributed by atoms with Crippen LogP contribution in [0.1, 0.15) is 43.7 Å². The van der Waals surface area contributed by atoms with E-state index in [2.05, 4.69) is 21.3 Å². The molecule has 1 atom stereocenters. The van der Waals surface area contributed by atoms with Gasteiger partial charge in [-0.2, -0.15) is 0 Å². The number of hydrogen-bond acceptors (Lipinski definition) is 3. The summed E-state index contributed by atoms with van der Waals surface area (Å²) >= 11 is 6.40. The predicted octanol–water partition coefficient (Wildman–Crippen LogP) is 4.11. The number of pyridine rings is 1. The lowest BCUT2D eigenvalue weighted by Crippen LogP contribution is -2.47. The van der Waals surface area contributed by atoms with E-state index in [1.165, 1.54) is 37.7 Å². The molecule has 22 heavy (non-hydrogen) atoms. The molecule has 1 N–H and O–H groups in total. The minimum atomic E-state index is 0. The van der Waals surface area contributed by atoms with Crippen LogP contribution in [0.5, 0.6) is 0 Å². The van der Waals surface area contributed by atoms with Crippen molar-refractivity contribution >= 4 is 36.4 Å². The van der Waals surface area contributed by atoms with E-state index >= 15 is 0 Å². The maximum atomic E-state index is 6.40. The van der Waals surface area contributed by atoms with E-state index in [0.29, 0.717) is 11.2 Å². The quantitative estimate of drug-likeness (QED) is 0.816. The van der Waals surface area contributed by atoms with Gasteiger partial charge in [0.1, 0.15) is 5.15 Å². The van der Waals surface area contributed by atoms with Crippen molar-refractivity contribution in [2.24, 2.45) is 5.92 Å². The largest absolute Gasteiger partial charge is 0.314 e. The molecule has 1 saturated carbocycles. The van der Waals surface area contributed by atoms with E-state index in [0.717, 1.165) is 32.1 Å². The summed E-state index contributed by atoms with van der Waals surface area (Å²) in [6.45, 7) is 4.40. The molecule has 0 amide bonds. The zero-order valence-corrected chi connectivity index (χ0v) is 15.2. The fraction of sp³-hybridized carbons (Fsp3) is 0.688. The Morgan fingerprint density at radius 3 is 2.45 bits per heavy atom. The summed E-state index contributed by atoms with van der Waals surface area (Å²) in [7, 11) is 0. The highest BCUT2D eigenvalue weighted by Gasteiger charge is 2.32. The van der Waals surface area contributed by atoms with Crippen LogP contribution in [0.25, 0.3) is 0 Å². The molecule has 3 nitrogen and oxygen atoms in total. The SMILES string of the molecule is Cl.Cl.Clc1ncccc1[C@@H](C1CCCCC1)N1CCNCC1. The number of nitrogens with one attached hydrogen (secondary N) is 1. The Bertz CT molecular complexity index is 414. The fourth-order valence-corrected chi connectivity index (χ4v) is 4.01. The molecule has 0 radical (unpaired) electrons. The molecular formula is C16H26Cl3N3. The molecule has 1 aromatic heterocycles. The summed E-state index contributed by atoms with van der Waals surface area (Å²) in [5, 5.41) is 4.14. The standard InChI is InChI=1S/C16H24ClN3.2ClH/c17-16-14(7-4-8-19-16)15(13-5-2-1-3-6-13)20-11-9-18-10-12-20;;/h4,7-8,13,15,18H,1-3,5-6,9-12H2;2*1H/t15-;;/m1../s1. The smallest absolute Gasteiger partial charge is 0.133 e. The maximum Gasteiger partial charge on any atom is 0.133 e. The summed E-state index contributed by atoms with van der Waals surface area (Å²) in [5.41, 5.74) is 1.24. The molecule has 2 fully saturated rings. The van der Waals surface area contributed by atoms with Crippen LogP contribution >= 0.6 is 36.4 Å². The number of aromatic nitrogens is 1. The summed E-state index contributed by atoms with van der Waals surface area (Å²) in [6, 6.07) is 4.66. The zero-order valence-electron chi connectivity index (χ0n) is 12.8. The van der Waals surface area contributed by atoms with Crippen LogP contribution in [0.3, 0.4) is 0 Å². The summed E-state index contributed by atoms with van der Waals surface area (Å²) in [4.78, 5) is 6.93. The lowest BCUT2D eigenvalue weighted by Gasteiger charge is -2.41. The molecule has 1 aliphatic heterocycles. The van der Waals surface area contributed by atoms with Gasteiger partial charge in [-0.15, -0.1) is 24.8 Å². The molecule has 0 spiro atoms. The van der Waals surface area contributed by atoms with E-state index in [-0.39, 0.29) is 24.8 Å². The van der Waals surface area contributed by atoms with E-state index in [4.69, 9.17) is 11.6 Å². The zero-order chi connectivity index (χ0) is 13.8. The summed E-state index contributed by atoms with van der Waals surface area (Å²) in [6.07, 6.45) is 8.59. The fourth-order valence-electron chi connectivity index (χ4n) is 3.78. The average Bonchev–Trinajstić information content (AvgIpc) is 2.52.